The number of anilines is 1. The van der Waals surface area contributed by atoms with Crippen LogP contribution in [0.15, 0.2) is 60.8 Å². The van der Waals surface area contributed by atoms with E-state index >= 15 is 0 Å². The molecule has 150 valence electrons. The van der Waals surface area contributed by atoms with Gasteiger partial charge < -0.3 is 14.5 Å². The lowest BCUT2D eigenvalue weighted by atomic mass is 10.1. The fraction of sp³-hybridized carbons (Fsp3) is 0.333. The van der Waals surface area contributed by atoms with Gasteiger partial charge >= 0.3 is 0 Å². The zero-order valence-electron chi connectivity index (χ0n) is 17.0. The number of aromatic nitrogens is 1. The van der Waals surface area contributed by atoms with Gasteiger partial charge in [-0.25, -0.2) is 0 Å². The van der Waals surface area contributed by atoms with Gasteiger partial charge in [0.25, 0.3) is 0 Å². The summed E-state index contributed by atoms with van der Waals surface area (Å²) in [7, 11) is 0. The highest BCUT2D eigenvalue weighted by molar-refractivity contribution is 5.92. The second kappa shape index (κ2) is 8.52. The quantitative estimate of drug-likeness (QED) is 0.648. The standard InChI is InChI=1S/C24H27N3O2/c1-18(2)24(28)27-14-6-13-26(15-16-27)23-11-12-25-22-10-9-20(17-21(22)23)29-19-7-4-3-5-8-19/h3-5,7-12,17-18H,6,13-16H2,1-2H3. The van der Waals surface area contributed by atoms with Gasteiger partial charge in [0.15, 0.2) is 0 Å². The third-order valence-corrected chi connectivity index (χ3v) is 5.31. The van der Waals surface area contributed by atoms with E-state index in [2.05, 4.69) is 22.0 Å². The van der Waals surface area contributed by atoms with Crippen LogP contribution in [0.5, 0.6) is 11.5 Å². The summed E-state index contributed by atoms with van der Waals surface area (Å²) in [6.45, 7) is 7.25. The molecule has 3 aromatic rings. The Kier molecular flexibility index (Phi) is 5.65. The minimum Gasteiger partial charge on any atom is -0.457 e. The van der Waals surface area contributed by atoms with Crippen molar-refractivity contribution in [2.24, 2.45) is 5.92 Å². The number of carbonyl (C=O) groups excluding carboxylic acids is 1. The molecule has 0 atom stereocenters. The van der Waals surface area contributed by atoms with Gasteiger partial charge in [-0.2, -0.15) is 0 Å². The van der Waals surface area contributed by atoms with Crippen molar-refractivity contribution in [1.29, 1.82) is 0 Å². The summed E-state index contributed by atoms with van der Waals surface area (Å²) in [6.07, 6.45) is 2.82. The highest BCUT2D eigenvalue weighted by Crippen LogP contribution is 2.31. The molecule has 0 N–H and O–H groups in total. The van der Waals surface area contributed by atoms with Gasteiger partial charge in [-0.3, -0.25) is 9.78 Å². The summed E-state index contributed by atoms with van der Waals surface area (Å²) >= 11 is 0. The number of para-hydroxylation sites is 1. The molecule has 1 fully saturated rings. The Morgan fingerprint density at radius 3 is 2.59 bits per heavy atom. The molecule has 1 saturated heterocycles. The van der Waals surface area contributed by atoms with Crippen LogP contribution in [-0.4, -0.2) is 42.0 Å². The summed E-state index contributed by atoms with van der Waals surface area (Å²) in [5.41, 5.74) is 2.09. The Bertz CT molecular complexity index is 988. The number of hydrogen-bond donors (Lipinski definition) is 0. The third kappa shape index (κ3) is 4.34. The Morgan fingerprint density at radius 2 is 1.79 bits per heavy atom. The van der Waals surface area contributed by atoms with Gasteiger partial charge in [0.1, 0.15) is 11.5 Å². The summed E-state index contributed by atoms with van der Waals surface area (Å²) in [6, 6.07) is 17.9. The zero-order valence-corrected chi connectivity index (χ0v) is 17.0. The van der Waals surface area contributed by atoms with Gasteiger partial charge in [0.05, 0.1) is 5.52 Å². The smallest absolute Gasteiger partial charge is 0.225 e. The summed E-state index contributed by atoms with van der Waals surface area (Å²) in [5.74, 6) is 1.89. The fourth-order valence-electron chi connectivity index (χ4n) is 3.82. The van der Waals surface area contributed by atoms with E-state index in [1.165, 1.54) is 0 Å². The van der Waals surface area contributed by atoms with Gasteiger partial charge in [-0.15, -0.1) is 0 Å². The number of rotatable bonds is 4. The van der Waals surface area contributed by atoms with Crippen molar-refractivity contribution < 1.29 is 9.53 Å². The molecule has 2 aromatic carbocycles. The van der Waals surface area contributed by atoms with E-state index in [0.29, 0.717) is 0 Å². The second-order valence-corrected chi connectivity index (χ2v) is 7.74. The zero-order chi connectivity index (χ0) is 20.2. The van der Waals surface area contributed by atoms with Crippen molar-refractivity contribution in [3.63, 3.8) is 0 Å². The van der Waals surface area contributed by atoms with E-state index in [4.69, 9.17) is 4.74 Å². The lowest BCUT2D eigenvalue weighted by Crippen LogP contribution is -2.37. The molecule has 5 heteroatoms. The molecule has 1 aliphatic rings. The minimum absolute atomic E-state index is 0.0426. The van der Waals surface area contributed by atoms with Gasteiger partial charge in [0, 0.05) is 49.4 Å². The van der Waals surface area contributed by atoms with Crippen LogP contribution in [0.4, 0.5) is 5.69 Å². The van der Waals surface area contributed by atoms with Crippen molar-refractivity contribution in [1.82, 2.24) is 9.88 Å². The molecule has 4 rings (SSSR count). The predicted octanol–water partition coefficient (Wildman–Crippen LogP) is 4.72. The van der Waals surface area contributed by atoms with Gasteiger partial charge in [-0.05, 0) is 42.8 Å². The third-order valence-electron chi connectivity index (χ3n) is 5.31. The fourth-order valence-corrected chi connectivity index (χ4v) is 3.82. The van der Waals surface area contributed by atoms with Crippen LogP contribution in [0.1, 0.15) is 20.3 Å². The first-order valence-electron chi connectivity index (χ1n) is 10.3. The first kappa shape index (κ1) is 19.2. The molecule has 0 unspecified atom stereocenters. The highest BCUT2D eigenvalue weighted by atomic mass is 16.5. The molecule has 1 aliphatic heterocycles. The number of fused-ring (bicyclic) bond motifs is 1. The molecule has 0 bridgehead atoms. The number of pyridine rings is 1. The maximum Gasteiger partial charge on any atom is 0.225 e. The predicted molar refractivity (Wildman–Crippen MR) is 117 cm³/mol. The van der Waals surface area contributed by atoms with Crippen molar-refractivity contribution in [2.45, 2.75) is 20.3 Å². The maximum absolute atomic E-state index is 12.4. The van der Waals surface area contributed by atoms with Crippen molar-refractivity contribution in [3.05, 3.63) is 60.8 Å². The summed E-state index contributed by atoms with van der Waals surface area (Å²) < 4.78 is 6.03. The normalized spacial score (nSPS) is 14.9. The monoisotopic (exact) mass is 389 g/mol. The first-order valence-corrected chi connectivity index (χ1v) is 10.3. The van der Waals surface area contributed by atoms with Crippen LogP contribution in [0, 0.1) is 5.92 Å². The average molecular weight is 389 g/mol. The topological polar surface area (TPSA) is 45.7 Å². The number of amides is 1. The number of nitrogens with zero attached hydrogens (tertiary/aromatic N) is 3. The molecule has 1 amide bonds. The molecular formula is C24H27N3O2. The van der Waals surface area contributed by atoms with Crippen LogP contribution in [0.3, 0.4) is 0 Å². The SMILES string of the molecule is CC(C)C(=O)N1CCCN(c2ccnc3ccc(Oc4ccccc4)cc23)CC1. The van der Waals surface area contributed by atoms with Crippen LogP contribution >= 0.6 is 0 Å². The summed E-state index contributed by atoms with van der Waals surface area (Å²) in [5, 5.41) is 1.07. The molecule has 0 radical (unpaired) electrons. The Labute approximate surface area is 171 Å². The largest absolute Gasteiger partial charge is 0.457 e. The molecule has 0 spiro atoms. The Balaban J connectivity index is 1.60. The molecule has 2 heterocycles. The van der Waals surface area contributed by atoms with E-state index in [9.17, 15) is 4.79 Å². The average Bonchev–Trinajstić information content (AvgIpc) is 2.99. The molecule has 29 heavy (non-hydrogen) atoms. The Morgan fingerprint density at radius 1 is 0.966 bits per heavy atom. The van der Waals surface area contributed by atoms with Crippen LogP contribution in [-0.2, 0) is 4.79 Å². The highest BCUT2D eigenvalue weighted by Gasteiger charge is 2.22. The Hall–Kier alpha value is -3.08. The number of hydrogen-bond acceptors (Lipinski definition) is 4. The number of ether oxygens (including phenoxy) is 1. The van der Waals surface area contributed by atoms with E-state index < -0.39 is 0 Å². The first-order chi connectivity index (χ1) is 14.1. The molecule has 5 nitrogen and oxygen atoms in total. The summed E-state index contributed by atoms with van der Waals surface area (Å²) in [4.78, 5) is 21.3. The lowest BCUT2D eigenvalue weighted by molar-refractivity contribution is -0.134. The van der Waals surface area contributed by atoms with Crippen molar-refractivity contribution in [2.75, 3.05) is 31.1 Å². The van der Waals surface area contributed by atoms with E-state index in [1.54, 1.807) is 0 Å². The van der Waals surface area contributed by atoms with Gasteiger partial charge in [0.2, 0.25) is 5.91 Å². The van der Waals surface area contributed by atoms with Crippen LogP contribution in [0.2, 0.25) is 0 Å². The molecular weight excluding hydrogens is 362 g/mol. The van der Waals surface area contributed by atoms with Crippen LogP contribution in [0.25, 0.3) is 10.9 Å². The number of carbonyl (C=O) groups is 1. The minimum atomic E-state index is 0.0426. The van der Waals surface area contributed by atoms with Crippen molar-refractivity contribution >= 4 is 22.5 Å². The van der Waals surface area contributed by atoms with E-state index in [0.717, 1.165) is 60.7 Å². The van der Waals surface area contributed by atoms with E-state index in [-0.39, 0.29) is 11.8 Å². The second-order valence-electron chi connectivity index (χ2n) is 7.74. The maximum atomic E-state index is 12.4. The van der Waals surface area contributed by atoms with E-state index in [1.807, 2.05) is 67.4 Å². The number of benzene rings is 2. The molecule has 1 aromatic heterocycles. The molecule has 0 saturated carbocycles. The van der Waals surface area contributed by atoms with Gasteiger partial charge in [-0.1, -0.05) is 32.0 Å². The molecule has 0 aliphatic carbocycles. The lowest BCUT2D eigenvalue weighted by Gasteiger charge is -2.25. The van der Waals surface area contributed by atoms with Crippen LogP contribution < -0.4 is 9.64 Å². The van der Waals surface area contributed by atoms with Crippen molar-refractivity contribution in [3.8, 4) is 11.5 Å².